The molecule has 1 nitrogen and oxygen atoms in total. The quantitative estimate of drug-likeness (QED) is 0.841. The minimum absolute atomic E-state index is 0.686. The molecule has 0 amide bonds. The van der Waals surface area contributed by atoms with Crippen molar-refractivity contribution in [3.63, 3.8) is 0 Å². The normalized spacial score (nSPS) is 22.2. The molecule has 1 N–H and O–H groups in total. The number of halogens is 1. The van der Waals surface area contributed by atoms with Crippen LogP contribution in [-0.4, -0.2) is 6.04 Å². The van der Waals surface area contributed by atoms with E-state index in [4.69, 9.17) is 0 Å². The molecule has 1 aromatic carbocycles. The van der Waals surface area contributed by atoms with Gasteiger partial charge in [-0.05, 0) is 60.4 Å². The average molecular weight is 336 g/mol. The first-order valence-corrected chi connectivity index (χ1v) is 8.41. The number of thiophene rings is 1. The van der Waals surface area contributed by atoms with E-state index in [0.717, 1.165) is 12.5 Å². The van der Waals surface area contributed by atoms with Gasteiger partial charge in [0.2, 0.25) is 0 Å². The summed E-state index contributed by atoms with van der Waals surface area (Å²) in [7, 11) is 0. The first-order valence-electron chi connectivity index (χ1n) is 6.74. The van der Waals surface area contributed by atoms with E-state index in [2.05, 4.69) is 63.9 Å². The van der Waals surface area contributed by atoms with Crippen LogP contribution >= 0.6 is 27.3 Å². The second-order valence-electron chi connectivity index (χ2n) is 5.33. The summed E-state index contributed by atoms with van der Waals surface area (Å²) >= 11 is 5.41. The van der Waals surface area contributed by atoms with Crippen LogP contribution in [0.5, 0.6) is 0 Å². The summed E-state index contributed by atoms with van der Waals surface area (Å²) in [4.78, 5) is 1.48. The number of hydrogen-bond donors (Lipinski definition) is 1. The van der Waals surface area contributed by atoms with Crippen molar-refractivity contribution in [2.75, 3.05) is 0 Å². The number of rotatable bonds is 4. The van der Waals surface area contributed by atoms with Crippen molar-refractivity contribution in [2.45, 2.75) is 38.3 Å². The molecule has 0 aliphatic heterocycles. The van der Waals surface area contributed by atoms with Crippen LogP contribution in [-0.2, 0) is 6.54 Å². The fourth-order valence-electron chi connectivity index (χ4n) is 2.64. The molecule has 1 aliphatic rings. The van der Waals surface area contributed by atoms with E-state index in [1.807, 2.05) is 11.3 Å². The Labute approximate surface area is 127 Å². The van der Waals surface area contributed by atoms with Gasteiger partial charge in [0.15, 0.2) is 0 Å². The molecule has 1 aliphatic carbocycles. The highest BCUT2D eigenvalue weighted by Crippen LogP contribution is 2.37. The zero-order valence-corrected chi connectivity index (χ0v) is 13.4. The van der Waals surface area contributed by atoms with E-state index in [1.54, 1.807) is 0 Å². The molecule has 0 saturated heterocycles. The van der Waals surface area contributed by atoms with Crippen LogP contribution in [0.15, 0.2) is 40.2 Å². The van der Waals surface area contributed by atoms with Gasteiger partial charge in [0.1, 0.15) is 0 Å². The standard InChI is InChI=1S/C16H18BrNS/c1-11-5-6-19-16(11)10-18-15-8-13(9-15)12-3-2-4-14(17)7-12/h2-7,13,15,18H,8-10H2,1H3. The van der Waals surface area contributed by atoms with Crippen molar-refractivity contribution in [3.05, 3.63) is 56.2 Å². The summed E-state index contributed by atoms with van der Waals surface area (Å²) in [5.74, 6) is 0.736. The predicted molar refractivity (Wildman–Crippen MR) is 85.8 cm³/mol. The van der Waals surface area contributed by atoms with Crippen LogP contribution in [0, 0.1) is 6.92 Å². The molecule has 3 rings (SSSR count). The Balaban J connectivity index is 1.49. The molecular weight excluding hydrogens is 318 g/mol. The third-order valence-electron chi connectivity index (χ3n) is 3.98. The van der Waals surface area contributed by atoms with Crippen molar-refractivity contribution in [3.8, 4) is 0 Å². The third kappa shape index (κ3) is 3.10. The molecule has 100 valence electrons. The molecule has 0 radical (unpaired) electrons. The summed E-state index contributed by atoms with van der Waals surface area (Å²) in [5, 5.41) is 5.85. The van der Waals surface area contributed by atoms with E-state index in [0.29, 0.717) is 6.04 Å². The van der Waals surface area contributed by atoms with Gasteiger partial charge in [0, 0.05) is 21.9 Å². The molecule has 0 bridgehead atoms. The van der Waals surface area contributed by atoms with E-state index in [9.17, 15) is 0 Å². The van der Waals surface area contributed by atoms with E-state index >= 15 is 0 Å². The molecule has 2 aromatic rings. The summed E-state index contributed by atoms with van der Waals surface area (Å²) < 4.78 is 1.19. The average Bonchev–Trinajstić information content (AvgIpc) is 2.73. The first-order chi connectivity index (χ1) is 9.22. The van der Waals surface area contributed by atoms with Gasteiger partial charge >= 0.3 is 0 Å². The lowest BCUT2D eigenvalue weighted by Gasteiger charge is -2.36. The second kappa shape index (κ2) is 5.78. The van der Waals surface area contributed by atoms with Gasteiger partial charge in [0.25, 0.3) is 0 Å². The predicted octanol–water partition coefficient (Wildman–Crippen LogP) is 4.85. The maximum absolute atomic E-state index is 3.68. The molecule has 0 spiro atoms. The summed E-state index contributed by atoms with van der Waals surface area (Å²) in [6.45, 7) is 3.22. The lowest BCUT2D eigenvalue weighted by atomic mass is 9.76. The molecule has 1 heterocycles. The minimum Gasteiger partial charge on any atom is -0.309 e. The highest BCUT2D eigenvalue weighted by atomic mass is 79.9. The van der Waals surface area contributed by atoms with Crippen LogP contribution in [0.1, 0.15) is 34.8 Å². The highest BCUT2D eigenvalue weighted by Gasteiger charge is 2.29. The van der Waals surface area contributed by atoms with Gasteiger partial charge in [-0.25, -0.2) is 0 Å². The van der Waals surface area contributed by atoms with Crippen LogP contribution in [0.2, 0.25) is 0 Å². The van der Waals surface area contributed by atoms with Gasteiger partial charge < -0.3 is 5.32 Å². The van der Waals surface area contributed by atoms with Crippen molar-refractivity contribution < 1.29 is 0 Å². The maximum Gasteiger partial charge on any atom is 0.0304 e. The minimum atomic E-state index is 0.686. The van der Waals surface area contributed by atoms with Gasteiger partial charge in [-0.1, -0.05) is 28.1 Å². The van der Waals surface area contributed by atoms with Gasteiger partial charge in [-0.15, -0.1) is 11.3 Å². The summed E-state index contributed by atoms with van der Waals surface area (Å²) in [6, 6.07) is 11.6. The smallest absolute Gasteiger partial charge is 0.0304 e. The molecule has 19 heavy (non-hydrogen) atoms. The number of hydrogen-bond acceptors (Lipinski definition) is 2. The highest BCUT2D eigenvalue weighted by molar-refractivity contribution is 9.10. The number of nitrogens with one attached hydrogen (secondary N) is 1. The van der Waals surface area contributed by atoms with Crippen molar-refractivity contribution in [2.24, 2.45) is 0 Å². The second-order valence-corrected chi connectivity index (χ2v) is 7.24. The van der Waals surface area contributed by atoms with E-state index < -0.39 is 0 Å². The molecule has 1 saturated carbocycles. The Hall–Kier alpha value is -0.640. The van der Waals surface area contributed by atoms with Crippen LogP contribution in [0.3, 0.4) is 0 Å². The van der Waals surface area contributed by atoms with Crippen molar-refractivity contribution in [1.29, 1.82) is 0 Å². The molecular formula is C16H18BrNS. The largest absolute Gasteiger partial charge is 0.309 e. The van der Waals surface area contributed by atoms with E-state index in [1.165, 1.54) is 33.3 Å². The molecule has 0 unspecified atom stereocenters. The van der Waals surface area contributed by atoms with E-state index in [-0.39, 0.29) is 0 Å². The van der Waals surface area contributed by atoms with Crippen LogP contribution in [0.4, 0.5) is 0 Å². The van der Waals surface area contributed by atoms with Gasteiger partial charge in [-0.2, -0.15) is 0 Å². The SMILES string of the molecule is Cc1ccsc1CNC1CC(c2cccc(Br)c2)C1. The first kappa shape index (κ1) is 13.3. The topological polar surface area (TPSA) is 12.0 Å². The Morgan fingerprint density at radius 3 is 2.84 bits per heavy atom. The van der Waals surface area contributed by atoms with Crippen molar-refractivity contribution in [1.82, 2.24) is 5.32 Å². The Morgan fingerprint density at radius 2 is 2.16 bits per heavy atom. The monoisotopic (exact) mass is 335 g/mol. The van der Waals surface area contributed by atoms with Crippen LogP contribution in [0.25, 0.3) is 0 Å². The fourth-order valence-corrected chi connectivity index (χ4v) is 3.91. The lowest BCUT2D eigenvalue weighted by Crippen LogP contribution is -2.39. The lowest BCUT2D eigenvalue weighted by molar-refractivity contribution is 0.290. The number of benzene rings is 1. The van der Waals surface area contributed by atoms with Gasteiger partial charge in [-0.3, -0.25) is 0 Å². The summed E-state index contributed by atoms with van der Waals surface area (Å²) in [5.41, 5.74) is 2.89. The molecule has 0 atom stereocenters. The fraction of sp³-hybridized carbons (Fsp3) is 0.375. The Morgan fingerprint density at radius 1 is 1.32 bits per heavy atom. The molecule has 1 fully saturated rings. The Bertz CT molecular complexity index is 557. The zero-order chi connectivity index (χ0) is 13.2. The zero-order valence-electron chi connectivity index (χ0n) is 11.0. The Kier molecular flexibility index (Phi) is 4.06. The van der Waals surface area contributed by atoms with Crippen molar-refractivity contribution >= 4 is 27.3 Å². The van der Waals surface area contributed by atoms with Crippen LogP contribution < -0.4 is 5.32 Å². The maximum atomic E-state index is 3.68. The molecule has 1 aromatic heterocycles. The number of aryl methyl sites for hydroxylation is 1. The van der Waals surface area contributed by atoms with Gasteiger partial charge in [0.05, 0.1) is 0 Å². The molecule has 3 heteroatoms. The third-order valence-corrected chi connectivity index (χ3v) is 5.49. The summed E-state index contributed by atoms with van der Waals surface area (Å²) in [6.07, 6.45) is 2.53.